The van der Waals surface area contributed by atoms with Gasteiger partial charge in [0, 0.05) is 53.2 Å². The minimum atomic E-state index is -3.49. The molecular formula is C37H43BrFN3O5Si. The molecule has 3 amide bonds. The summed E-state index contributed by atoms with van der Waals surface area (Å²) < 4.78 is 23.9. The number of halogens is 2. The normalized spacial score (nSPS) is 24.0. The van der Waals surface area contributed by atoms with Crippen molar-refractivity contribution in [3.63, 3.8) is 0 Å². The number of aliphatic hydroxyl groups is 1. The molecule has 2 saturated heterocycles. The number of anilines is 2. The molecule has 1 N–H and O–H groups in total. The average Bonchev–Trinajstić information content (AvgIpc) is 3.48. The Morgan fingerprint density at radius 1 is 1.06 bits per heavy atom. The van der Waals surface area contributed by atoms with Gasteiger partial charge in [0.15, 0.2) is 5.60 Å². The molecule has 11 heteroatoms. The van der Waals surface area contributed by atoms with Crippen molar-refractivity contribution in [1.82, 2.24) is 4.90 Å². The van der Waals surface area contributed by atoms with Gasteiger partial charge < -0.3 is 28.7 Å². The molecular weight excluding hydrogens is 693 g/mol. The van der Waals surface area contributed by atoms with Crippen molar-refractivity contribution in [2.45, 2.75) is 76.0 Å². The van der Waals surface area contributed by atoms with Gasteiger partial charge in [0.2, 0.25) is 20.2 Å². The Balaban J connectivity index is 1.30. The molecule has 0 unspecified atom stereocenters. The van der Waals surface area contributed by atoms with Crippen molar-refractivity contribution in [1.29, 1.82) is 0 Å². The highest BCUT2D eigenvalue weighted by Gasteiger charge is 2.67. The zero-order chi connectivity index (χ0) is 34.2. The molecule has 1 spiro atoms. The van der Waals surface area contributed by atoms with Crippen LogP contribution in [-0.2, 0) is 37.8 Å². The summed E-state index contributed by atoms with van der Waals surface area (Å²) in [6.07, 6.45) is 1.51. The number of rotatable bonds is 10. The van der Waals surface area contributed by atoms with Gasteiger partial charge in [-0.2, -0.15) is 0 Å². The number of piperidine rings is 1. The third kappa shape index (κ3) is 6.49. The van der Waals surface area contributed by atoms with Gasteiger partial charge in [-0.1, -0.05) is 65.3 Å². The summed E-state index contributed by atoms with van der Waals surface area (Å²) in [6.45, 7) is 6.33. The van der Waals surface area contributed by atoms with E-state index in [1.807, 2.05) is 84.6 Å². The monoisotopic (exact) mass is 735 g/mol. The van der Waals surface area contributed by atoms with E-state index in [1.54, 1.807) is 22.9 Å². The van der Waals surface area contributed by atoms with Crippen LogP contribution in [0.5, 0.6) is 0 Å². The molecule has 3 aromatic rings. The Morgan fingerprint density at radius 3 is 2.46 bits per heavy atom. The summed E-state index contributed by atoms with van der Waals surface area (Å²) in [5.41, 5.74) is 1.91. The second-order valence-electron chi connectivity index (χ2n) is 13.7. The molecule has 3 aliphatic heterocycles. The van der Waals surface area contributed by atoms with Gasteiger partial charge in [-0.3, -0.25) is 14.4 Å². The molecule has 2 fully saturated rings. The number of fused-ring (bicyclic) bond motifs is 2. The Labute approximate surface area is 291 Å². The van der Waals surface area contributed by atoms with Crippen LogP contribution in [0.3, 0.4) is 0 Å². The summed E-state index contributed by atoms with van der Waals surface area (Å²) in [7, 11) is -3.49. The first-order valence-corrected chi connectivity index (χ1v) is 20.5. The molecule has 0 aromatic heterocycles. The average molecular weight is 737 g/mol. The number of ether oxygens (including phenoxy) is 1. The predicted molar refractivity (Wildman–Crippen MR) is 190 cm³/mol. The number of aliphatic hydroxyl groups excluding tert-OH is 1. The molecule has 48 heavy (non-hydrogen) atoms. The van der Waals surface area contributed by atoms with Gasteiger partial charge >= 0.3 is 0 Å². The number of nitrogens with zero attached hydrogens (tertiary/aromatic N) is 3. The first-order valence-electron chi connectivity index (χ1n) is 16.7. The van der Waals surface area contributed by atoms with E-state index in [0.29, 0.717) is 30.8 Å². The molecule has 0 radical (unpaired) electrons. The number of carbonyl (C=O) groups is 3. The first-order chi connectivity index (χ1) is 22.9. The summed E-state index contributed by atoms with van der Waals surface area (Å²) in [6, 6.07) is 22.9. The number of amides is 3. The van der Waals surface area contributed by atoms with Crippen LogP contribution in [0.1, 0.15) is 49.3 Å². The lowest BCUT2D eigenvalue weighted by Gasteiger charge is -2.31. The highest BCUT2D eigenvalue weighted by atomic mass is 79.9. The third-order valence-electron chi connectivity index (χ3n) is 10.1. The lowest BCUT2D eigenvalue weighted by Crippen LogP contribution is -2.45. The molecule has 254 valence electrons. The summed E-state index contributed by atoms with van der Waals surface area (Å²) in [5.74, 6) is -0.943. The van der Waals surface area contributed by atoms with E-state index in [9.17, 15) is 19.5 Å². The van der Waals surface area contributed by atoms with Crippen LogP contribution in [-0.4, -0.2) is 61.9 Å². The maximum Gasteiger partial charge on any atom is 0.264 e. The van der Waals surface area contributed by atoms with E-state index < -0.39 is 31.6 Å². The molecule has 4 atom stereocenters. The first kappa shape index (κ1) is 34.5. The van der Waals surface area contributed by atoms with Gasteiger partial charge in [0.1, 0.15) is 0 Å². The quantitative estimate of drug-likeness (QED) is 0.185. The zero-order valence-electron chi connectivity index (χ0n) is 27.7. The highest BCUT2D eigenvalue weighted by Crippen LogP contribution is 2.60. The third-order valence-corrected chi connectivity index (χ3v) is 13.1. The van der Waals surface area contributed by atoms with E-state index >= 15 is 4.11 Å². The maximum atomic E-state index is 16.4. The maximum absolute atomic E-state index is 16.4. The molecule has 6 rings (SSSR count). The van der Waals surface area contributed by atoms with Crippen LogP contribution in [0.4, 0.5) is 15.5 Å². The number of hydrogen-bond acceptors (Lipinski definition) is 5. The van der Waals surface area contributed by atoms with Crippen LogP contribution in [0, 0.1) is 5.92 Å². The minimum absolute atomic E-state index is 0.1000. The topological polar surface area (TPSA) is 90.4 Å². The molecule has 0 bridgehead atoms. The van der Waals surface area contributed by atoms with Crippen molar-refractivity contribution in [3.8, 4) is 0 Å². The lowest BCUT2D eigenvalue weighted by atomic mass is 9.82. The highest BCUT2D eigenvalue weighted by molar-refractivity contribution is 9.10. The second-order valence-corrected chi connectivity index (χ2v) is 18.4. The van der Waals surface area contributed by atoms with Gasteiger partial charge in [-0.15, -0.1) is 0 Å². The Morgan fingerprint density at radius 2 is 1.79 bits per heavy atom. The van der Waals surface area contributed by atoms with Crippen LogP contribution >= 0.6 is 15.9 Å². The van der Waals surface area contributed by atoms with Gasteiger partial charge in [-0.05, 0) is 67.4 Å². The fourth-order valence-corrected chi connectivity index (χ4v) is 10.8. The predicted octanol–water partition coefficient (Wildman–Crippen LogP) is 6.70. The Hall–Kier alpha value is -3.38. The smallest absolute Gasteiger partial charge is 0.264 e. The number of carbonyl (C=O) groups excluding carboxylic acids is 3. The SMILES string of the molecule is C[C@H]1[C@H]([Si](C)(C)F)[C@@H](CC(=O)N(CCO)Cc2ccccc2)O[C@]12C(=O)N(Cc1ccc(N3CCCCC3=O)cc1)c1ccc(Br)cc12. The molecule has 0 saturated carbocycles. The minimum Gasteiger partial charge on any atom is -0.395 e. The number of hydrogen-bond donors (Lipinski definition) is 1. The zero-order valence-corrected chi connectivity index (χ0v) is 30.3. The van der Waals surface area contributed by atoms with Gasteiger partial charge in [-0.25, -0.2) is 0 Å². The van der Waals surface area contributed by atoms with Crippen LogP contribution < -0.4 is 9.80 Å². The Kier molecular flexibility index (Phi) is 9.95. The fourth-order valence-electron chi connectivity index (χ4n) is 7.94. The van der Waals surface area contributed by atoms with Crippen molar-refractivity contribution in [3.05, 3.63) is 94.0 Å². The standard InChI is InChI=1S/C37H43BrFN3O5Si/c1-25-35(48(2,3)39)32(22-34(45)40(19-20-43)23-26-9-5-4-6-10-26)47-37(25)30-21-28(38)14-17-31(30)42(36(37)46)24-27-12-15-29(16-13-27)41-18-8-7-11-33(41)44/h4-6,9-10,12-17,21,25,32,35,43H,7-8,11,18-20,22-24H2,1-3H3/t25-,32+,35-,37+/m0/s1. The molecule has 3 aliphatic rings. The second kappa shape index (κ2) is 13.9. The van der Waals surface area contributed by atoms with Crippen LogP contribution in [0.25, 0.3) is 0 Å². The van der Waals surface area contributed by atoms with E-state index in [4.69, 9.17) is 4.74 Å². The summed E-state index contributed by atoms with van der Waals surface area (Å²) >= 11 is 3.58. The van der Waals surface area contributed by atoms with Crippen molar-refractivity contribution < 1.29 is 28.3 Å². The largest absolute Gasteiger partial charge is 0.395 e. The summed E-state index contributed by atoms with van der Waals surface area (Å²) in [5, 5.41) is 9.78. The van der Waals surface area contributed by atoms with E-state index in [-0.39, 0.29) is 43.8 Å². The molecule has 3 heterocycles. The summed E-state index contributed by atoms with van der Waals surface area (Å²) in [4.78, 5) is 46.2. The van der Waals surface area contributed by atoms with Gasteiger partial charge in [0.25, 0.3) is 5.91 Å². The van der Waals surface area contributed by atoms with Crippen molar-refractivity contribution in [2.75, 3.05) is 29.5 Å². The molecule has 8 nitrogen and oxygen atoms in total. The van der Waals surface area contributed by atoms with Crippen molar-refractivity contribution >= 4 is 53.4 Å². The lowest BCUT2D eigenvalue weighted by molar-refractivity contribution is -0.150. The van der Waals surface area contributed by atoms with Gasteiger partial charge in [0.05, 0.1) is 31.4 Å². The fraction of sp³-hybridized carbons (Fsp3) is 0.432. The number of benzene rings is 3. The van der Waals surface area contributed by atoms with Crippen LogP contribution in [0.15, 0.2) is 77.3 Å². The van der Waals surface area contributed by atoms with E-state index in [2.05, 4.69) is 15.9 Å². The van der Waals surface area contributed by atoms with Crippen LogP contribution in [0.2, 0.25) is 18.6 Å². The van der Waals surface area contributed by atoms with E-state index in [0.717, 1.165) is 34.1 Å². The Bertz CT molecular complexity index is 1670. The van der Waals surface area contributed by atoms with E-state index in [1.165, 1.54) is 0 Å². The molecule has 3 aromatic carbocycles. The molecule has 0 aliphatic carbocycles. The van der Waals surface area contributed by atoms with Crippen molar-refractivity contribution in [2.24, 2.45) is 5.92 Å².